The molecule has 1 aliphatic rings. The van der Waals surface area contributed by atoms with E-state index in [-0.39, 0.29) is 5.54 Å². The molecule has 1 rings (SSSR count). The first kappa shape index (κ1) is 15.0. The maximum Gasteiger partial charge on any atom is 0.0583 e. The lowest BCUT2D eigenvalue weighted by Crippen LogP contribution is -2.41. The van der Waals surface area contributed by atoms with Crippen LogP contribution in [-0.2, 0) is 4.74 Å². The molecule has 0 spiro atoms. The summed E-state index contributed by atoms with van der Waals surface area (Å²) in [6, 6.07) is 0. The van der Waals surface area contributed by atoms with Crippen LogP contribution in [0.15, 0.2) is 0 Å². The Kier molecular flexibility index (Phi) is 5.46. The number of hydrogen-bond acceptors (Lipinski definition) is 2. The van der Waals surface area contributed by atoms with E-state index in [0.29, 0.717) is 12.2 Å². The SMILES string of the molecule is CC1CCC(CC(CNC(C)(C)C)C(C)C)O1. The number of ether oxygens (including phenoxy) is 1. The van der Waals surface area contributed by atoms with Crippen LogP contribution in [-0.4, -0.2) is 24.3 Å². The molecule has 3 atom stereocenters. The second kappa shape index (κ2) is 6.19. The van der Waals surface area contributed by atoms with E-state index >= 15 is 0 Å². The average Bonchev–Trinajstić information content (AvgIpc) is 2.56. The molecule has 2 heteroatoms. The van der Waals surface area contributed by atoms with E-state index in [9.17, 15) is 0 Å². The lowest BCUT2D eigenvalue weighted by Gasteiger charge is -2.29. The molecule has 1 fully saturated rings. The molecule has 0 aromatic heterocycles. The molecule has 1 heterocycles. The fraction of sp³-hybridized carbons (Fsp3) is 1.00. The summed E-state index contributed by atoms with van der Waals surface area (Å²) < 4.78 is 5.95. The van der Waals surface area contributed by atoms with Gasteiger partial charge in [0.2, 0.25) is 0 Å². The van der Waals surface area contributed by atoms with Crippen LogP contribution in [0, 0.1) is 11.8 Å². The Labute approximate surface area is 108 Å². The van der Waals surface area contributed by atoms with Crippen LogP contribution in [0.2, 0.25) is 0 Å². The Balaban J connectivity index is 2.38. The minimum Gasteiger partial charge on any atom is -0.375 e. The highest BCUT2D eigenvalue weighted by Gasteiger charge is 2.26. The zero-order valence-corrected chi connectivity index (χ0v) is 12.5. The summed E-state index contributed by atoms with van der Waals surface area (Å²) in [5, 5.41) is 3.63. The molecule has 102 valence electrons. The van der Waals surface area contributed by atoms with Gasteiger partial charge in [-0.15, -0.1) is 0 Å². The Bertz CT molecular complexity index is 219. The molecule has 1 aliphatic heterocycles. The fourth-order valence-electron chi connectivity index (χ4n) is 2.42. The Morgan fingerprint density at radius 1 is 1.24 bits per heavy atom. The third-order valence-corrected chi connectivity index (χ3v) is 3.72. The minimum absolute atomic E-state index is 0.219. The van der Waals surface area contributed by atoms with Crippen molar-refractivity contribution in [1.29, 1.82) is 0 Å². The second-order valence-corrected chi connectivity index (χ2v) is 7.02. The molecule has 0 bridgehead atoms. The first-order chi connectivity index (χ1) is 7.78. The predicted octanol–water partition coefficient (Wildman–Crippen LogP) is 3.60. The van der Waals surface area contributed by atoms with Gasteiger partial charge in [-0.05, 0) is 65.3 Å². The first-order valence-corrected chi connectivity index (χ1v) is 7.18. The predicted molar refractivity (Wildman–Crippen MR) is 74.3 cm³/mol. The molecule has 2 nitrogen and oxygen atoms in total. The van der Waals surface area contributed by atoms with Gasteiger partial charge in [-0.2, -0.15) is 0 Å². The number of rotatable bonds is 5. The van der Waals surface area contributed by atoms with Gasteiger partial charge in [-0.3, -0.25) is 0 Å². The average molecular weight is 241 g/mol. The van der Waals surface area contributed by atoms with Crippen LogP contribution in [0.5, 0.6) is 0 Å². The molecule has 0 aromatic rings. The van der Waals surface area contributed by atoms with E-state index < -0.39 is 0 Å². The third kappa shape index (κ3) is 5.87. The highest BCUT2D eigenvalue weighted by molar-refractivity contribution is 4.79. The van der Waals surface area contributed by atoms with E-state index in [1.807, 2.05) is 0 Å². The number of nitrogens with one attached hydrogen (secondary N) is 1. The Morgan fingerprint density at radius 2 is 1.88 bits per heavy atom. The van der Waals surface area contributed by atoms with Gasteiger partial charge in [0.25, 0.3) is 0 Å². The van der Waals surface area contributed by atoms with Crippen molar-refractivity contribution in [2.24, 2.45) is 11.8 Å². The van der Waals surface area contributed by atoms with Gasteiger partial charge in [0.05, 0.1) is 12.2 Å². The quantitative estimate of drug-likeness (QED) is 0.794. The van der Waals surface area contributed by atoms with Crippen molar-refractivity contribution in [2.75, 3.05) is 6.54 Å². The van der Waals surface area contributed by atoms with Crippen molar-refractivity contribution in [3.63, 3.8) is 0 Å². The molecule has 0 saturated carbocycles. The van der Waals surface area contributed by atoms with E-state index in [1.165, 1.54) is 19.3 Å². The van der Waals surface area contributed by atoms with Gasteiger partial charge in [0.15, 0.2) is 0 Å². The summed E-state index contributed by atoms with van der Waals surface area (Å²) in [5.74, 6) is 1.45. The van der Waals surface area contributed by atoms with Crippen molar-refractivity contribution in [3.8, 4) is 0 Å². The molecule has 17 heavy (non-hydrogen) atoms. The summed E-state index contributed by atoms with van der Waals surface area (Å²) in [5.41, 5.74) is 0.219. The van der Waals surface area contributed by atoms with Crippen molar-refractivity contribution < 1.29 is 4.74 Å². The molecular formula is C15H31NO. The van der Waals surface area contributed by atoms with Crippen LogP contribution < -0.4 is 5.32 Å². The standard InChI is InChI=1S/C15H31NO/c1-11(2)13(10-16-15(4,5)6)9-14-8-7-12(3)17-14/h11-14,16H,7-10H2,1-6H3. The Morgan fingerprint density at radius 3 is 2.29 bits per heavy atom. The van der Waals surface area contributed by atoms with Gasteiger partial charge < -0.3 is 10.1 Å². The molecule has 1 saturated heterocycles. The molecule has 0 radical (unpaired) electrons. The zero-order valence-electron chi connectivity index (χ0n) is 12.5. The van der Waals surface area contributed by atoms with Gasteiger partial charge in [-0.1, -0.05) is 13.8 Å². The van der Waals surface area contributed by atoms with Crippen molar-refractivity contribution >= 4 is 0 Å². The summed E-state index contributed by atoms with van der Waals surface area (Å²) in [7, 11) is 0. The van der Waals surface area contributed by atoms with Gasteiger partial charge in [0.1, 0.15) is 0 Å². The molecule has 0 aromatic carbocycles. The summed E-state index contributed by atoms with van der Waals surface area (Å²) in [6.45, 7) is 14.7. The normalized spacial score (nSPS) is 27.7. The lowest BCUT2D eigenvalue weighted by atomic mass is 9.88. The zero-order chi connectivity index (χ0) is 13.1. The van der Waals surface area contributed by atoms with E-state index in [4.69, 9.17) is 4.74 Å². The molecule has 1 N–H and O–H groups in total. The van der Waals surface area contributed by atoms with Crippen LogP contribution in [0.3, 0.4) is 0 Å². The topological polar surface area (TPSA) is 21.3 Å². The van der Waals surface area contributed by atoms with Gasteiger partial charge in [-0.25, -0.2) is 0 Å². The fourth-order valence-corrected chi connectivity index (χ4v) is 2.42. The van der Waals surface area contributed by atoms with Gasteiger partial charge in [0, 0.05) is 5.54 Å². The van der Waals surface area contributed by atoms with Crippen LogP contribution >= 0.6 is 0 Å². The minimum atomic E-state index is 0.219. The summed E-state index contributed by atoms with van der Waals surface area (Å²) >= 11 is 0. The smallest absolute Gasteiger partial charge is 0.0583 e. The van der Waals surface area contributed by atoms with Crippen molar-refractivity contribution in [1.82, 2.24) is 5.32 Å². The van der Waals surface area contributed by atoms with Gasteiger partial charge >= 0.3 is 0 Å². The maximum atomic E-state index is 5.95. The summed E-state index contributed by atoms with van der Waals surface area (Å²) in [4.78, 5) is 0. The molecule has 3 unspecified atom stereocenters. The third-order valence-electron chi connectivity index (χ3n) is 3.72. The largest absolute Gasteiger partial charge is 0.375 e. The highest BCUT2D eigenvalue weighted by atomic mass is 16.5. The molecule has 0 aliphatic carbocycles. The van der Waals surface area contributed by atoms with Crippen molar-refractivity contribution in [3.05, 3.63) is 0 Å². The first-order valence-electron chi connectivity index (χ1n) is 7.18. The van der Waals surface area contributed by atoms with E-state index in [1.54, 1.807) is 0 Å². The van der Waals surface area contributed by atoms with Crippen molar-refractivity contribution in [2.45, 2.75) is 78.6 Å². The second-order valence-electron chi connectivity index (χ2n) is 7.02. The highest BCUT2D eigenvalue weighted by Crippen LogP contribution is 2.27. The Hall–Kier alpha value is -0.0800. The molecule has 0 amide bonds. The lowest BCUT2D eigenvalue weighted by molar-refractivity contribution is 0.0353. The van der Waals surface area contributed by atoms with Crippen LogP contribution in [0.1, 0.15) is 60.8 Å². The monoisotopic (exact) mass is 241 g/mol. The van der Waals surface area contributed by atoms with Crippen LogP contribution in [0.25, 0.3) is 0 Å². The maximum absolute atomic E-state index is 5.95. The van der Waals surface area contributed by atoms with E-state index in [0.717, 1.165) is 18.4 Å². The number of hydrogen-bond donors (Lipinski definition) is 1. The summed E-state index contributed by atoms with van der Waals surface area (Å²) in [6.07, 6.45) is 4.68. The van der Waals surface area contributed by atoms with Crippen LogP contribution in [0.4, 0.5) is 0 Å². The van der Waals surface area contributed by atoms with E-state index in [2.05, 4.69) is 46.9 Å². The molecular weight excluding hydrogens is 210 g/mol.